The maximum atomic E-state index is 12.1. The molecule has 0 aromatic heterocycles. The second-order valence-electron chi connectivity index (χ2n) is 4.84. The van der Waals surface area contributed by atoms with Crippen molar-refractivity contribution in [3.05, 3.63) is 33.9 Å². The topological polar surface area (TPSA) is 114 Å². The van der Waals surface area contributed by atoms with Gasteiger partial charge in [-0.2, -0.15) is 0 Å². The first-order valence-corrected chi connectivity index (χ1v) is 6.52. The zero-order valence-electron chi connectivity index (χ0n) is 11.5. The van der Waals surface area contributed by atoms with Crippen LogP contribution in [0.2, 0.25) is 0 Å². The summed E-state index contributed by atoms with van der Waals surface area (Å²) in [5, 5.41) is 26.1. The normalized spacial score (nSPS) is 21.0. The second kappa shape index (κ2) is 6.51. The molecule has 8 heteroatoms. The number of hydrogen-bond acceptors (Lipinski definition) is 6. The first kappa shape index (κ1) is 15.2. The van der Waals surface area contributed by atoms with Gasteiger partial charge in [0.2, 0.25) is 0 Å². The standard InChI is InChI=1S/C13H17N3O5/c1-21-12-3-2-9(16(19)20)4-10(12)13(18)15-6-8-5-14-7-11(8)17/h2-4,8,11,14,17H,5-7H2,1H3,(H,15,18). The predicted octanol–water partition coefficient (Wildman–Crippen LogP) is -0.0865. The molecule has 1 amide bonds. The smallest absolute Gasteiger partial charge is 0.270 e. The highest BCUT2D eigenvalue weighted by molar-refractivity contribution is 5.97. The summed E-state index contributed by atoms with van der Waals surface area (Å²) in [7, 11) is 1.39. The summed E-state index contributed by atoms with van der Waals surface area (Å²) in [6.45, 7) is 1.41. The van der Waals surface area contributed by atoms with E-state index < -0.39 is 16.9 Å². The number of carbonyl (C=O) groups is 1. The van der Waals surface area contributed by atoms with Gasteiger partial charge in [-0.25, -0.2) is 0 Å². The van der Waals surface area contributed by atoms with Crippen LogP contribution >= 0.6 is 0 Å². The van der Waals surface area contributed by atoms with E-state index in [2.05, 4.69) is 10.6 Å². The van der Waals surface area contributed by atoms with Crippen LogP contribution in [0.3, 0.4) is 0 Å². The lowest BCUT2D eigenvalue weighted by Crippen LogP contribution is -2.34. The monoisotopic (exact) mass is 295 g/mol. The van der Waals surface area contributed by atoms with Crippen LogP contribution in [0.15, 0.2) is 18.2 Å². The van der Waals surface area contributed by atoms with E-state index in [0.717, 1.165) is 0 Å². The molecule has 1 aromatic carbocycles. The van der Waals surface area contributed by atoms with E-state index in [9.17, 15) is 20.0 Å². The molecule has 1 fully saturated rings. The second-order valence-corrected chi connectivity index (χ2v) is 4.84. The number of ether oxygens (including phenoxy) is 1. The van der Waals surface area contributed by atoms with Gasteiger partial charge in [-0.05, 0) is 6.07 Å². The molecule has 0 radical (unpaired) electrons. The molecule has 1 aromatic rings. The fourth-order valence-corrected chi connectivity index (χ4v) is 2.23. The Morgan fingerprint density at radius 2 is 2.33 bits per heavy atom. The summed E-state index contributed by atoms with van der Waals surface area (Å²) in [4.78, 5) is 22.4. The Kier molecular flexibility index (Phi) is 4.71. The molecule has 3 N–H and O–H groups in total. The molecule has 21 heavy (non-hydrogen) atoms. The highest BCUT2D eigenvalue weighted by Gasteiger charge is 2.26. The lowest BCUT2D eigenvalue weighted by molar-refractivity contribution is -0.384. The number of nitrogens with one attached hydrogen (secondary N) is 2. The van der Waals surface area contributed by atoms with E-state index in [1.807, 2.05) is 0 Å². The Bertz CT molecular complexity index is 549. The number of aliphatic hydroxyl groups is 1. The summed E-state index contributed by atoms with van der Waals surface area (Å²) in [5.74, 6) is -0.267. The molecule has 1 aliphatic rings. The Morgan fingerprint density at radius 3 is 2.90 bits per heavy atom. The molecule has 8 nitrogen and oxygen atoms in total. The molecule has 0 bridgehead atoms. The number of aliphatic hydroxyl groups excluding tert-OH is 1. The fourth-order valence-electron chi connectivity index (χ4n) is 2.23. The maximum absolute atomic E-state index is 12.1. The zero-order chi connectivity index (χ0) is 15.4. The Hall–Kier alpha value is -2.19. The maximum Gasteiger partial charge on any atom is 0.270 e. The van der Waals surface area contributed by atoms with Crippen LogP contribution in [0.25, 0.3) is 0 Å². The van der Waals surface area contributed by atoms with E-state index in [-0.39, 0.29) is 22.9 Å². The zero-order valence-corrected chi connectivity index (χ0v) is 11.5. The van der Waals surface area contributed by atoms with E-state index in [4.69, 9.17) is 4.74 Å². The third-order valence-corrected chi connectivity index (χ3v) is 3.47. The van der Waals surface area contributed by atoms with Crippen LogP contribution < -0.4 is 15.4 Å². The van der Waals surface area contributed by atoms with Crippen LogP contribution in [0, 0.1) is 16.0 Å². The number of amides is 1. The van der Waals surface area contributed by atoms with Gasteiger partial charge in [0, 0.05) is 37.7 Å². The van der Waals surface area contributed by atoms with Gasteiger partial charge < -0.3 is 20.5 Å². The van der Waals surface area contributed by atoms with Crippen molar-refractivity contribution in [1.82, 2.24) is 10.6 Å². The van der Waals surface area contributed by atoms with Gasteiger partial charge in [-0.1, -0.05) is 0 Å². The summed E-state index contributed by atoms with van der Waals surface area (Å²) < 4.78 is 5.05. The van der Waals surface area contributed by atoms with E-state index in [1.54, 1.807) is 0 Å². The van der Waals surface area contributed by atoms with E-state index >= 15 is 0 Å². The van der Waals surface area contributed by atoms with Gasteiger partial charge in [0.15, 0.2) is 0 Å². The van der Waals surface area contributed by atoms with Crippen molar-refractivity contribution in [2.45, 2.75) is 6.10 Å². The van der Waals surface area contributed by atoms with Crippen LogP contribution in [0.5, 0.6) is 5.75 Å². The summed E-state index contributed by atoms with van der Waals surface area (Å²) >= 11 is 0. The van der Waals surface area contributed by atoms with Crippen LogP contribution in [-0.2, 0) is 0 Å². The first-order chi connectivity index (χ1) is 10.0. The molecule has 0 spiro atoms. The highest BCUT2D eigenvalue weighted by Crippen LogP contribution is 2.24. The molecule has 0 saturated carbocycles. The summed E-state index contributed by atoms with van der Waals surface area (Å²) in [5.41, 5.74) is -0.0735. The van der Waals surface area contributed by atoms with Gasteiger partial charge >= 0.3 is 0 Å². The number of methoxy groups -OCH3 is 1. The third-order valence-electron chi connectivity index (χ3n) is 3.47. The summed E-state index contributed by atoms with van der Waals surface area (Å²) in [6, 6.07) is 3.84. The first-order valence-electron chi connectivity index (χ1n) is 6.52. The number of nitro benzene ring substituents is 1. The molecule has 0 aliphatic carbocycles. The van der Waals surface area contributed by atoms with Gasteiger partial charge in [-0.3, -0.25) is 14.9 Å². The van der Waals surface area contributed by atoms with Crippen molar-refractivity contribution in [1.29, 1.82) is 0 Å². The van der Waals surface area contributed by atoms with Gasteiger partial charge in [0.1, 0.15) is 5.75 Å². The molecule has 2 unspecified atom stereocenters. The number of hydrogen-bond donors (Lipinski definition) is 3. The molecule has 2 atom stereocenters. The van der Waals surface area contributed by atoms with Crippen molar-refractivity contribution in [3.8, 4) is 5.75 Å². The molecular weight excluding hydrogens is 278 g/mol. The molecule has 1 aliphatic heterocycles. The Balaban J connectivity index is 2.10. The van der Waals surface area contributed by atoms with E-state index in [1.165, 1.54) is 25.3 Å². The molecule has 2 rings (SSSR count). The number of nitrogens with zero attached hydrogens (tertiary/aromatic N) is 1. The van der Waals surface area contributed by atoms with Crippen molar-refractivity contribution in [2.24, 2.45) is 5.92 Å². The lowest BCUT2D eigenvalue weighted by Gasteiger charge is -2.15. The third kappa shape index (κ3) is 3.47. The molecule has 1 heterocycles. The number of carbonyl (C=O) groups excluding carboxylic acids is 1. The van der Waals surface area contributed by atoms with Crippen molar-refractivity contribution < 1.29 is 19.6 Å². The van der Waals surface area contributed by atoms with Crippen molar-refractivity contribution in [3.63, 3.8) is 0 Å². The van der Waals surface area contributed by atoms with Crippen LogP contribution in [-0.4, -0.2) is 48.8 Å². The minimum absolute atomic E-state index is 0.0707. The lowest BCUT2D eigenvalue weighted by atomic mass is 10.1. The fraction of sp³-hybridized carbons (Fsp3) is 0.462. The van der Waals surface area contributed by atoms with Crippen molar-refractivity contribution >= 4 is 11.6 Å². The SMILES string of the molecule is COc1ccc([N+](=O)[O-])cc1C(=O)NCC1CNCC1O. The highest BCUT2D eigenvalue weighted by atomic mass is 16.6. The number of β-amino-alcohol motifs (C(OH)–C–C–N with tert-alkyl or cyclic N) is 1. The average molecular weight is 295 g/mol. The largest absolute Gasteiger partial charge is 0.496 e. The Labute approximate surface area is 121 Å². The minimum Gasteiger partial charge on any atom is -0.496 e. The van der Waals surface area contributed by atoms with Crippen LogP contribution in [0.4, 0.5) is 5.69 Å². The quantitative estimate of drug-likeness (QED) is 0.517. The molecular formula is C13H17N3O5. The summed E-state index contributed by atoms with van der Waals surface area (Å²) in [6.07, 6.45) is -0.502. The molecule has 1 saturated heterocycles. The number of non-ortho nitro benzene ring substituents is 1. The van der Waals surface area contributed by atoms with Crippen LogP contribution in [0.1, 0.15) is 10.4 Å². The predicted molar refractivity (Wildman–Crippen MR) is 74.3 cm³/mol. The Morgan fingerprint density at radius 1 is 1.57 bits per heavy atom. The average Bonchev–Trinajstić information content (AvgIpc) is 2.89. The number of rotatable bonds is 5. The number of benzene rings is 1. The van der Waals surface area contributed by atoms with E-state index in [0.29, 0.717) is 19.6 Å². The van der Waals surface area contributed by atoms with Gasteiger partial charge in [0.25, 0.3) is 11.6 Å². The number of nitro groups is 1. The van der Waals surface area contributed by atoms with Gasteiger partial charge in [-0.15, -0.1) is 0 Å². The van der Waals surface area contributed by atoms with Gasteiger partial charge in [0.05, 0.1) is 23.7 Å². The van der Waals surface area contributed by atoms with Crippen molar-refractivity contribution in [2.75, 3.05) is 26.7 Å². The minimum atomic E-state index is -0.569. The molecule has 114 valence electrons.